The Kier molecular flexibility index (Phi) is 2.87. The van der Waals surface area contributed by atoms with Crippen molar-refractivity contribution in [1.82, 2.24) is 4.98 Å². The van der Waals surface area contributed by atoms with Crippen molar-refractivity contribution in [3.05, 3.63) is 18.3 Å². The molecular formula is C8H12N2O2S. The Bertz CT molecular complexity index is 387. The average molecular weight is 200 g/mol. The summed E-state index contributed by atoms with van der Waals surface area (Å²) in [5, 5.41) is -0.00292. The molecule has 0 fully saturated rings. The fourth-order valence-corrected chi connectivity index (χ4v) is 2.41. The third-order valence-electron chi connectivity index (χ3n) is 1.57. The Morgan fingerprint density at radius 1 is 1.54 bits per heavy atom. The van der Waals surface area contributed by atoms with Crippen LogP contribution in [-0.2, 0) is 9.84 Å². The highest BCUT2D eigenvalue weighted by atomic mass is 32.2. The van der Waals surface area contributed by atoms with Crippen molar-refractivity contribution in [3.63, 3.8) is 0 Å². The lowest BCUT2D eigenvalue weighted by atomic mass is 10.4. The number of nitrogen functional groups attached to an aromatic ring is 1. The van der Waals surface area contributed by atoms with E-state index in [4.69, 9.17) is 5.73 Å². The van der Waals surface area contributed by atoms with Crippen LogP contribution in [0.5, 0.6) is 0 Å². The molecule has 0 bridgehead atoms. The summed E-state index contributed by atoms with van der Waals surface area (Å²) in [6.07, 6.45) is 2.00. The van der Waals surface area contributed by atoms with Crippen molar-refractivity contribution in [2.45, 2.75) is 18.4 Å². The molecular weight excluding hydrogens is 188 g/mol. The summed E-state index contributed by atoms with van der Waals surface area (Å²) in [5.41, 5.74) is 5.71. The fourth-order valence-electron chi connectivity index (χ4n) is 1.03. The average Bonchev–Trinajstić information content (AvgIpc) is 2.04. The van der Waals surface area contributed by atoms with Gasteiger partial charge in [-0.3, -0.25) is 0 Å². The highest BCUT2D eigenvalue weighted by Crippen LogP contribution is 2.15. The first-order valence-corrected chi connectivity index (χ1v) is 5.66. The Morgan fingerprint density at radius 3 is 2.77 bits per heavy atom. The number of hydrogen-bond acceptors (Lipinski definition) is 4. The number of hydrogen-bond donors (Lipinski definition) is 1. The first-order chi connectivity index (χ1) is 6.08. The molecule has 0 atom stereocenters. The second kappa shape index (κ2) is 3.74. The zero-order valence-corrected chi connectivity index (χ0v) is 8.21. The summed E-state index contributed by atoms with van der Waals surface area (Å²) < 4.78 is 23.0. The van der Waals surface area contributed by atoms with Gasteiger partial charge in [-0.15, -0.1) is 0 Å². The molecule has 0 unspecified atom stereocenters. The molecule has 0 saturated heterocycles. The van der Waals surface area contributed by atoms with Crippen LogP contribution in [0.1, 0.15) is 13.3 Å². The second-order valence-corrected chi connectivity index (χ2v) is 4.74. The van der Waals surface area contributed by atoms with Gasteiger partial charge in [-0.05, 0) is 18.6 Å². The van der Waals surface area contributed by atoms with Crippen molar-refractivity contribution in [2.75, 3.05) is 11.5 Å². The molecule has 1 aromatic rings. The van der Waals surface area contributed by atoms with Gasteiger partial charge in [0.1, 0.15) is 0 Å². The maximum Gasteiger partial charge on any atom is 0.197 e. The highest BCUT2D eigenvalue weighted by molar-refractivity contribution is 7.91. The van der Waals surface area contributed by atoms with E-state index in [0.717, 1.165) is 0 Å². The lowest BCUT2D eigenvalue weighted by molar-refractivity contribution is 0.591. The van der Waals surface area contributed by atoms with Crippen LogP contribution < -0.4 is 5.73 Å². The minimum absolute atomic E-state index is 0.00292. The summed E-state index contributed by atoms with van der Waals surface area (Å²) in [6.45, 7) is 1.80. The van der Waals surface area contributed by atoms with Gasteiger partial charge < -0.3 is 5.73 Å². The molecule has 0 aromatic carbocycles. The molecule has 0 aliphatic carbocycles. The largest absolute Gasteiger partial charge is 0.396 e. The molecule has 0 aliphatic heterocycles. The predicted octanol–water partition coefficient (Wildman–Crippen LogP) is 0.848. The first kappa shape index (κ1) is 9.98. The molecule has 0 spiro atoms. The summed E-state index contributed by atoms with van der Waals surface area (Å²) in [6, 6.07) is 3.15. The third-order valence-corrected chi connectivity index (χ3v) is 3.44. The highest BCUT2D eigenvalue weighted by Gasteiger charge is 2.17. The van der Waals surface area contributed by atoms with Crippen LogP contribution in [0.2, 0.25) is 0 Å². The van der Waals surface area contributed by atoms with Gasteiger partial charge in [-0.1, -0.05) is 6.92 Å². The number of anilines is 1. The molecule has 1 aromatic heterocycles. The number of aromatic nitrogens is 1. The summed E-state index contributed by atoms with van der Waals surface area (Å²) in [4.78, 5) is 3.76. The van der Waals surface area contributed by atoms with Gasteiger partial charge in [0.15, 0.2) is 14.9 Å². The van der Waals surface area contributed by atoms with Gasteiger partial charge in [-0.25, -0.2) is 13.4 Å². The molecule has 0 aliphatic rings. The number of nitrogens with zero attached hydrogens (tertiary/aromatic N) is 1. The van der Waals surface area contributed by atoms with Crippen LogP contribution in [0, 0.1) is 0 Å². The van der Waals surface area contributed by atoms with Crippen molar-refractivity contribution in [2.24, 2.45) is 0 Å². The van der Waals surface area contributed by atoms with Crippen LogP contribution in [0.15, 0.2) is 23.4 Å². The normalized spacial score (nSPS) is 11.5. The second-order valence-electron chi connectivity index (χ2n) is 2.72. The van der Waals surface area contributed by atoms with Gasteiger partial charge in [0.25, 0.3) is 0 Å². The number of nitrogens with two attached hydrogens (primary N) is 1. The van der Waals surface area contributed by atoms with Gasteiger partial charge >= 0.3 is 0 Å². The maximum absolute atomic E-state index is 11.5. The van der Waals surface area contributed by atoms with Crippen molar-refractivity contribution in [3.8, 4) is 0 Å². The zero-order chi connectivity index (χ0) is 9.90. The van der Waals surface area contributed by atoms with E-state index < -0.39 is 9.84 Å². The molecule has 0 amide bonds. The molecule has 0 saturated carbocycles. The van der Waals surface area contributed by atoms with E-state index in [1.54, 1.807) is 13.0 Å². The Hall–Kier alpha value is -1.10. The Balaban J connectivity index is 3.15. The lowest BCUT2D eigenvalue weighted by Gasteiger charge is -2.03. The standard InChI is InChI=1S/C8H12N2O2S/c1-2-6-13(11,12)8-7(9)4-3-5-10-8/h3-5H,2,6,9H2,1H3. The molecule has 1 rings (SSSR count). The Labute approximate surface area is 77.7 Å². The molecule has 0 radical (unpaired) electrons. The fraction of sp³-hybridized carbons (Fsp3) is 0.375. The van der Waals surface area contributed by atoms with Crippen LogP contribution >= 0.6 is 0 Å². The van der Waals surface area contributed by atoms with E-state index in [-0.39, 0.29) is 16.5 Å². The quantitative estimate of drug-likeness (QED) is 0.785. The van der Waals surface area contributed by atoms with Gasteiger partial charge in [0.05, 0.1) is 11.4 Å². The van der Waals surface area contributed by atoms with Crippen molar-refractivity contribution in [1.29, 1.82) is 0 Å². The molecule has 13 heavy (non-hydrogen) atoms. The molecule has 72 valence electrons. The van der Waals surface area contributed by atoms with E-state index in [9.17, 15) is 8.42 Å². The van der Waals surface area contributed by atoms with Crippen LogP contribution in [-0.4, -0.2) is 19.2 Å². The number of pyridine rings is 1. The smallest absolute Gasteiger partial charge is 0.197 e. The minimum atomic E-state index is -3.28. The van der Waals surface area contributed by atoms with Crippen LogP contribution in [0.3, 0.4) is 0 Å². The van der Waals surface area contributed by atoms with E-state index in [0.29, 0.717) is 6.42 Å². The monoisotopic (exact) mass is 200 g/mol. The third kappa shape index (κ3) is 2.18. The van der Waals surface area contributed by atoms with Gasteiger partial charge in [0.2, 0.25) is 0 Å². The molecule has 4 nitrogen and oxygen atoms in total. The van der Waals surface area contributed by atoms with Gasteiger partial charge in [-0.2, -0.15) is 0 Å². The van der Waals surface area contributed by atoms with Gasteiger partial charge in [0, 0.05) is 6.20 Å². The SMILES string of the molecule is CCCS(=O)(=O)c1ncccc1N. The van der Waals surface area contributed by atoms with E-state index in [1.807, 2.05) is 0 Å². The van der Waals surface area contributed by atoms with E-state index in [2.05, 4.69) is 4.98 Å². The maximum atomic E-state index is 11.5. The Morgan fingerprint density at radius 2 is 2.23 bits per heavy atom. The topological polar surface area (TPSA) is 73.0 Å². The number of rotatable bonds is 3. The minimum Gasteiger partial charge on any atom is -0.396 e. The van der Waals surface area contributed by atoms with Crippen molar-refractivity contribution < 1.29 is 8.42 Å². The first-order valence-electron chi connectivity index (χ1n) is 4.01. The van der Waals surface area contributed by atoms with E-state index >= 15 is 0 Å². The molecule has 1 heterocycles. The van der Waals surface area contributed by atoms with E-state index in [1.165, 1.54) is 12.3 Å². The summed E-state index contributed by atoms with van der Waals surface area (Å²) >= 11 is 0. The predicted molar refractivity (Wildman–Crippen MR) is 51.0 cm³/mol. The molecule has 5 heteroatoms. The molecule has 2 N–H and O–H groups in total. The summed E-state index contributed by atoms with van der Waals surface area (Å²) in [7, 11) is -3.28. The number of sulfone groups is 1. The van der Waals surface area contributed by atoms with Crippen LogP contribution in [0.4, 0.5) is 5.69 Å². The van der Waals surface area contributed by atoms with Crippen molar-refractivity contribution >= 4 is 15.5 Å². The van der Waals surface area contributed by atoms with Crippen LogP contribution in [0.25, 0.3) is 0 Å². The zero-order valence-electron chi connectivity index (χ0n) is 7.40. The summed E-state index contributed by atoms with van der Waals surface area (Å²) in [5.74, 6) is 0.0915. The lowest BCUT2D eigenvalue weighted by Crippen LogP contribution is -2.10.